The molecule has 0 saturated heterocycles. The van der Waals surface area contributed by atoms with E-state index in [-0.39, 0.29) is 31.1 Å². The molecule has 0 radical (unpaired) electrons. The van der Waals surface area contributed by atoms with Gasteiger partial charge in [-0.2, -0.15) is 0 Å². The van der Waals surface area contributed by atoms with Gasteiger partial charge in [-0.3, -0.25) is 14.4 Å². The maximum atomic E-state index is 12.8. The summed E-state index contributed by atoms with van der Waals surface area (Å²) in [4.78, 5) is 38.0. The monoisotopic (exact) mass is 1030 g/mol. The van der Waals surface area contributed by atoms with Gasteiger partial charge < -0.3 is 14.2 Å². The van der Waals surface area contributed by atoms with Gasteiger partial charge in [0.1, 0.15) is 13.2 Å². The van der Waals surface area contributed by atoms with Crippen molar-refractivity contribution in [3.05, 3.63) is 72.9 Å². The maximum absolute atomic E-state index is 12.8. The zero-order valence-corrected chi connectivity index (χ0v) is 49.1. The Morgan fingerprint density at radius 3 is 0.838 bits per heavy atom. The highest BCUT2D eigenvalue weighted by molar-refractivity contribution is 5.71. The van der Waals surface area contributed by atoms with Crippen LogP contribution in [0.4, 0.5) is 0 Å². The van der Waals surface area contributed by atoms with Crippen LogP contribution < -0.4 is 0 Å². The Morgan fingerprint density at radius 1 is 0.284 bits per heavy atom. The molecule has 6 heteroatoms. The minimum Gasteiger partial charge on any atom is -0.462 e. The van der Waals surface area contributed by atoms with Crippen molar-refractivity contribution in [1.29, 1.82) is 0 Å². The van der Waals surface area contributed by atoms with E-state index in [0.717, 1.165) is 109 Å². The molecule has 0 aromatic heterocycles. The van der Waals surface area contributed by atoms with Gasteiger partial charge in [-0.25, -0.2) is 0 Å². The Bertz CT molecular complexity index is 1370. The molecule has 0 fully saturated rings. The molecule has 74 heavy (non-hydrogen) atoms. The van der Waals surface area contributed by atoms with Crippen molar-refractivity contribution < 1.29 is 28.6 Å². The van der Waals surface area contributed by atoms with Crippen LogP contribution in [0, 0.1) is 0 Å². The van der Waals surface area contributed by atoms with Crippen molar-refractivity contribution in [3.8, 4) is 0 Å². The van der Waals surface area contributed by atoms with E-state index >= 15 is 0 Å². The third-order valence-electron chi connectivity index (χ3n) is 13.9. The average molecular weight is 1030 g/mol. The first-order valence-electron chi connectivity index (χ1n) is 31.9. The molecule has 0 N–H and O–H groups in total. The second kappa shape index (κ2) is 62.4. The van der Waals surface area contributed by atoms with Crippen LogP contribution in [0.1, 0.15) is 323 Å². The number of allylic oxidation sites excluding steroid dienone is 12. The van der Waals surface area contributed by atoms with Gasteiger partial charge in [-0.05, 0) is 89.9 Å². The molecule has 0 rings (SSSR count). The summed E-state index contributed by atoms with van der Waals surface area (Å²) in [7, 11) is 0. The Hall–Kier alpha value is -3.15. The fourth-order valence-corrected chi connectivity index (χ4v) is 9.17. The van der Waals surface area contributed by atoms with E-state index in [4.69, 9.17) is 14.2 Å². The average Bonchev–Trinajstić information content (AvgIpc) is 3.40. The van der Waals surface area contributed by atoms with Gasteiger partial charge in [-0.1, -0.05) is 286 Å². The zero-order chi connectivity index (χ0) is 53.6. The number of carbonyl (C=O) groups excluding carboxylic acids is 3. The lowest BCUT2D eigenvalue weighted by atomic mass is 10.0. The molecule has 0 aliphatic heterocycles. The van der Waals surface area contributed by atoms with Crippen LogP contribution in [0.5, 0.6) is 0 Å². The minimum absolute atomic E-state index is 0.0809. The van der Waals surface area contributed by atoms with E-state index in [0.29, 0.717) is 19.3 Å². The standard InChI is InChI=1S/C68H120O6/c1-4-7-10-13-16-18-20-22-24-26-28-30-31-32-33-34-35-36-37-39-40-42-44-46-48-50-52-55-58-61-67(70)73-64-65(63-72-66(69)60-57-54-15-12-9-6-3)74-68(71)62-59-56-53-51-49-47-45-43-41-38-29-27-25-23-21-19-17-14-11-8-5-2/h8,11,17,19,23,25-26,28-29,38,43,45,65H,4-7,9-10,12-16,18,20-22,24,27,30-37,39-42,44,46-64H2,1-3H3/b11-8-,19-17-,25-23-,28-26-,38-29-,45-43-. The van der Waals surface area contributed by atoms with E-state index in [1.54, 1.807) is 0 Å². The van der Waals surface area contributed by atoms with Crippen molar-refractivity contribution in [1.82, 2.24) is 0 Å². The Labute approximate surface area is 459 Å². The molecular weight excluding hydrogens is 913 g/mol. The quantitative estimate of drug-likeness (QED) is 0.0261. The first-order chi connectivity index (χ1) is 36.5. The van der Waals surface area contributed by atoms with E-state index in [1.807, 2.05) is 0 Å². The second-order valence-corrected chi connectivity index (χ2v) is 21.3. The maximum Gasteiger partial charge on any atom is 0.306 e. The van der Waals surface area contributed by atoms with Gasteiger partial charge in [0.25, 0.3) is 0 Å². The molecule has 0 saturated carbocycles. The van der Waals surface area contributed by atoms with Crippen LogP contribution in [0.15, 0.2) is 72.9 Å². The number of esters is 3. The highest BCUT2D eigenvalue weighted by Crippen LogP contribution is 2.17. The molecule has 0 heterocycles. The van der Waals surface area contributed by atoms with Gasteiger partial charge in [0.05, 0.1) is 0 Å². The molecule has 0 aromatic carbocycles. The molecule has 1 unspecified atom stereocenters. The Balaban J connectivity index is 4.06. The number of carbonyl (C=O) groups is 3. The fourth-order valence-electron chi connectivity index (χ4n) is 9.17. The molecule has 6 nitrogen and oxygen atoms in total. The van der Waals surface area contributed by atoms with Gasteiger partial charge in [0, 0.05) is 19.3 Å². The smallest absolute Gasteiger partial charge is 0.306 e. The number of rotatable bonds is 58. The topological polar surface area (TPSA) is 78.9 Å². The Morgan fingerprint density at radius 2 is 0.527 bits per heavy atom. The van der Waals surface area contributed by atoms with Crippen molar-refractivity contribution in [3.63, 3.8) is 0 Å². The molecule has 0 aliphatic carbocycles. The molecular formula is C68H120O6. The van der Waals surface area contributed by atoms with Crippen LogP contribution in [-0.2, 0) is 28.6 Å². The normalized spacial score (nSPS) is 12.5. The minimum atomic E-state index is -0.782. The first kappa shape index (κ1) is 70.8. The van der Waals surface area contributed by atoms with Crippen molar-refractivity contribution in [2.75, 3.05) is 13.2 Å². The summed E-state index contributed by atoms with van der Waals surface area (Å²) in [6.07, 6.45) is 81.0. The molecule has 0 aliphatic rings. The highest BCUT2D eigenvalue weighted by atomic mass is 16.6. The largest absolute Gasteiger partial charge is 0.462 e. The van der Waals surface area contributed by atoms with E-state index in [9.17, 15) is 14.4 Å². The molecule has 0 bridgehead atoms. The lowest BCUT2D eigenvalue weighted by Gasteiger charge is -2.18. The molecule has 0 amide bonds. The molecule has 428 valence electrons. The van der Waals surface area contributed by atoms with Crippen LogP contribution in [0.25, 0.3) is 0 Å². The number of ether oxygens (including phenoxy) is 3. The van der Waals surface area contributed by atoms with Crippen LogP contribution in [0.2, 0.25) is 0 Å². The number of unbranched alkanes of at least 4 members (excludes halogenated alkanes) is 35. The lowest BCUT2D eigenvalue weighted by molar-refractivity contribution is -0.167. The third kappa shape index (κ3) is 59.7. The summed E-state index contributed by atoms with van der Waals surface area (Å²) >= 11 is 0. The van der Waals surface area contributed by atoms with Gasteiger partial charge >= 0.3 is 17.9 Å². The SMILES string of the molecule is CC/C=C\C/C=C\C/C=C\C/C=C\C/C=C\CCCCCCCC(=O)OC(COC(=O)CCCCCCCC)COC(=O)CCCCCCCCCCCCCCCCCCC/C=C\CCCCCCCCCC. The first-order valence-corrected chi connectivity index (χ1v) is 31.9. The van der Waals surface area contributed by atoms with E-state index < -0.39 is 6.10 Å². The van der Waals surface area contributed by atoms with Crippen molar-refractivity contribution in [2.45, 2.75) is 329 Å². The fraction of sp³-hybridized carbons (Fsp3) is 0.779. The summed E-state index contributed by atoms with van der Waals surface area (Å²) in [5.41, 5.74) is 0. The predicted octanol–water partition coefficient (Wildman–Crippen LogP) is 21.7. The predicted molar refractivity (Wildman–Crippen MR) is 321 cm³/mol. The van der Waals surface area contributed by atoms with Crippen LogP contribution in [-0.4, -0.2) is 37.2 Å². The summed E-state index contributed by atoms with van der Waals surface area (Å²) in [6, 6.07) is 0. The zero-order valence-electron chi connectivity index (χ0n) is 49.1. The summed E-state index contributed by atoms with van der Waals surface area (Å²) in [5.74, 6) is -0.898. The third-order valence-corrected chi connectivity index (χ3v) is 13.9. The molecule has 0 spiro atoms. The number of hydrogen-bond donors (Lipinski definition) is 0. The van der Waals surface area contributed by atoms with Gasteiger partial charge in [0.2, 0.25) is 0 Å². The van der Waals surface area contributed by atoms with Crippen molar-refractivity contribution in [2.24, 2.45) is 0 Å². The Kier molecular flexibility index (Phi) is 59.7. The summed E-state index contributed by atoms with van der Waals surface area (Å²) in [6.45, 7) is 6.48. The van der Waals surface area contributed by atoms with E-state index in [2.05, 4.69) is 93.7 Å². The molecule has 0 aromatic rings. The van der Waals surface area contributed by atoms with Crippen LogP contribution >= 0.6 is 0 Å². The highest BCUT2D eigenvalue weighted by Gasteiger charge is 2.19. The summed E-state index contributed by atoms with van der Waals surface area (Å²) in [5, 5.41) is 0. The van der Waals surface area contributed by atoms with Crippen molar-refractivity contribution >= 4 is 17.9 Å². The van der Waals surface area contributed by atoms with Crippen LogP contribution in [0.3, 0.4) is 0 Å². The van der Waals surface area contributed by atoms with Gasteiger partial charge in [0.15, 0.2) is 6.10 Å². The summed E-state index contributed by atoms with van der Waals surface area (Å²) < 4.78 is 16.8. The number of hydrogen-bond acceptors (Lipinski definition) is 6. The second-order valence-electron chi connectivity index (χ2n) is 21.3. The molecule has 1 atom stereocenters. The van der Waals surface area contributed by atoms with Gasteiger partial charge in [-0.15, -0.1) is 0 Å². The lowest BCUT2D eigenvalue weighted by Crippen LogP contribution is -2.30. The van der Waals surface area contributed by atoms with E-state index in [1.165, 1.54) is 173 Å².